The van der Waals surface area contributed by atoms with Crippen LogP contribution in [0, 0.1) is 0 Å². The van der Waals surface area contributed by atoms with Crippen LogP contribution in [0.4, 0.5) is 10.8 Å². The van der Waals surface area contributed by atoms with Crippen molar-refractivity contribution in [1.29, 1.82) is 0 Å². The Bertz CT molecular complexity index is 579. The number of hydrogen-bond acceptors (Lipinski definition) is 5. The molecule has 0 aliphatic carbocycles. The van der Waals surface area contributed by atoms with Crippen LogP contribution in [0.25, 0.3) is 0 Å². The second kappa shape index (κ2) is 6.64. The summed E-state index contributed by atoms with van der Waals surface area (Å²) in [5, 5.41) is 7.18. The van der Waals surface area contributed by atoms with Gasteiger partial charge in [-0.25, -0.2) is 4.98 Å². The topological polar surface area (TPSA) is 31.4 Å². The van der Waals surface area contributed by atoms with Crippen LogP contribution in [-0.4, -0.2) is 38.2 Å². The molecule has 1 fully saturated rings. The lowest BCUT2D eigenvalue weighted by Crippen LogP contribution is -2.46. The van der Waals surface area contributed by atoms with E-state index in [2.05, 4.69) is 32.2 Å². The van der Waals surface area contributed by atoms with Gasteiger partial charge >= 0.3 is 0 Å². The lowest BCUT2D eigenvalue weighted by atomic mass is 10.1. The zero-order chi connectivity index (χ0) is 14.7. The van der Waals surface area contributed by atoms with Gasteiger partial charge < -0.3 is 15.1 Å². The van der Waals surface area contributed by atoms with Crippen molar-refractivity contribution in [3.8, 4) is 0 Å². The molecule has 112 valence electrons. The number of nitrogens with zero attached hydrogens (tertiary/aromatic N) is 3. The first-order valence-corrected chi connectivity index (χ1v) is 8.36. The van der Waals surface area contributed by atoms with Gasteiger partial charge in [0.1, 0.15) is 0 Å². The second-order valence-electron chi connectivity index (χ2n) is 5.09. The molecule has 4 nitrogen and oxygen atoms in total. The Morgan fingerprint density at radius 3 is 2.67 bits per heavy atom. The van der Waals surface area contributed by atoms with Crippen molar-refractivity contribution in [2.24, 2.45) is 0 Å². The minimum atomic E-state index is 0.798. The number of aromatic nitrogens is 1. The van der Waals surface area contributed by atoms with Crippen LogP contribution in [0.15, 0.2) is 29.8 Å². The molecule has 21 heavy (non-hydrogen) atoms. The predicted octanol–water partition coefficient (Wildman–Crippen LogP) is 2.84. The highest BCUT2D eigenvalue weighted by Crippen LogP contribution is 2.27. The largest absolute Gasteiger partial charge is 0.368 e. The third-order valence-corrected chi connectivity index (χ3v) is 4.79. The van der Waals surface area contributed by atoms with Crippen LogP contribution in [0.5, 0.6) is 0 Å². The molecule has 0 bridgehead atoms. The first-order chi connectivity index (χ1) is 10.3. The van der Waals surface area contributed by atoms with Crippen molar-refractivity contribution in [3.05, 3.63) is 40.4 Å². The van der Waals surface area contributed by atoms with E-state index >= 15 is 0 Å². The van der Waals surface area contributed by atoms with Crippen molar-refractivity contribution >= 4 is 33.8 Å². The van der Waals surface area contributed by atoms with Gasteiger partial charge in [-0.05, 0) is 24.7 Å². The number of anilines is 2. The molecular formula is C15H19ClN4S. The molecule has 1 aromatic heterocycles. The molecule has 0 unspecified atom stereocenters. The van der Waals surface area contributed by atoms with Crippen LogP contribution in [0.3, 0.4) is 0 Å². The lowest BCUT2D eigenvalue weighted by molar-refractivity contribution is 0.648. The van der Waals surface area contributed by atoms with Crippen LogP contribution in [-0.2, 0) is 6.54 Å². The Morgan fingerprint density at radius 1 is 1.24 bits per heavy atom. The van der Waals surface area contributed by atoms with Gasteiger partial charge in [-0.2, -0.15) is 0 Å². The third kappa shape index (κ3) is 3.31. The molecule has 2 heterocycles. The van der Waals surface area contributed by atoms with E-state index in [-0.39, 0.29) is 0 Å². The number of thiazole rings is 1. The molecule has 1 saturated heterocycles. The highest BCUT2D eigenvalue weighted by Gasteiger charge is 2.20. The van der Waals surface area contributed by atoms with Crippen LogP contribution in [0.1, 0.15) is 5.56 Å². The standard InChI is InChI=1S/C15H19ClN4S/c1-17-11-12-2-3-13(16)10-14(12)19-5-7-20(8-6-19)15-18-4-9-21-15/h2-4,9-10,17H,5-8,11H2,1H3. The van der Waals surface area contributed by atoms with E-state index < -0.39 is 0 Å². The second-order valence-corrected chi connectivity index (χ2v) is 6.40. The maximum absolute atomic E-state index is 6.18. The molecule has 2 aromatic rings. The van der Waals surface area contributed by atoms with Gasteiger partial charge in [-0.3, -0.25) is 0 Å². The zero-order valence-corrected chi connectivity index (χ0v) is 13.6. The Labute approximate surface area is 134 Å². The smallest absolute Gasteiger partial charge is 0.185 e. The fourth-order valence-electron chi connectivity index (χ4n) is 2.68. The SMILES string of the molecule is CNCc1ccc(Cl)cc1N1CCN(c2nccs2)CC1. The fourth-order valence-corrected chi connectivity index (χ4v) is 3.55. The monoisotopic (exact) mass is 322 g/mol. The van der Waals surface area contributed by atoms with Crippen molar-refractivity contribution in [2.45, 2.75) is 6.54 Å². The van der Waals surface area contributed by atoms with E-state index in [0.29, 0.717) is 0 Å². The number of rotatable bonds is 4. The van der Waals surface area contributed by atoms with E-state index in [9.17, 15) is 0 Å². The van der Waals surface area contributed by atoms with Gasteiger partial charge in [0.25, 0.3) is 0 Å². The molecule has 1 aliphatic heterocycles. The van der Waals surface area contributed by atoms with Gasteiger partial charge in [0.15, 0.2) is 5.13 Å². The minimum absolute atomic E-state index is 0.798. The summed E-state index contributed by atoms with van der Waals surface area (Å²) in [5.74, 6) is 0. The van der Waals surface area contributed by atoms with Crippen molar-refractivity contribution in [2.75, 3.05) is 43.0 Å². The summed E-state index contributed by atoms with van der Waals surface area (Å²) < 4.78 is 0. The number of benzene rings is 1. The molecular weight excluding hydrogens is 304 g/mol. The van der Waals surface area contributed by atoms with Crippen LogP contribution in [0.2, 0.25) is 5.02 Å². The molecule has 0 amide bonds. The van der Waals surface area contributed by atoms with E-state index in [1.54, 1.807) is 11.3 Å². The molecule has 0 spiro atoms. The fraction of sp³-hybridized carbons (Fsp3) is 0.400. The predicted molar refractivity (Wildman–Crippen MR) is 90.8 cm³/mol. The maximum Gasteiger partial charge on any atom is 0.185 e. The summed E-state index contributed by atoms with van der Waals surface area (Å²) >= 11 is 7.89. The number of nitrogens with one attached hydrogen (secondary N) is 1. The maximum atomic E-state index is 6.18. The van der Waals surface area contributed by atoms with Gasteiger partial charge in [-0.15, -0.1) is 11.3 Å². The Kier molecular flexibility index (Phi) is 4.63. The third-order valence-electron chi connectivity index (χ3n) is 3.72. The van der Waals surface area contributed by atoms with Crippen molar-refractivity contribution in [1.82, 2.24) is 10.3 Å². The normalized spacial score (nSPS) is 15.5. The summed E-state index contributed by atoms with van der Waals surface area (Å²) in [5.41, 5.74) is 2.54. The Balaban J connectivity index is 1.73. The Morgan fingerprint density at radius 2 is 2.00 bits per heavy atom. The Hall–Kier alpha value is -1.30. The summed E-state index contributed by atoms with van der Waals surface area (Å²) in [4.78, 5) is 9.16. The van der Waals surface area contributed by atoms with Crippen LogP contribution < -0.4 is 15.1 Å². The van der Waals surface area contributed by atoms with E-state index in [0.717, 1.165) is 42.9 Å². The first-order valence-electron chi connectivity index (χ1n) is 7.10. The van der Waals surface area contributed by atoms with E-state index in [4.69, 9.17) is 11.6 Å². The molecule has 6 heteroatoms. The summed E-state index contributed by atoms with van der Waals surface area (Å²) in [6.45, 7) is 4.85. The number of piperazine rings is 1. The molecule has 0 saturated carbocycles. The lowest BCUT2D eigenvalue weighted by Gasteiger charge is -2.37. The molecule has 1 N–H and O–H groups in total. The van der Waals surface area contributed by atoms with Gasteiger partial charge in [0, 0.05) is 55.0 Å². The molecule has 0 atom stereocenters. The van der Waals surface area contributed by atoms with Gasteiger partial charge in [0.05, 0.1) is 0 Å². The van der Waals surface area contributed by atoms with Crippen LogP contribution >= 0.6 is 22.9 Å². The molecule has 0 radical (unpaired) electrons. The average molecular weight is 323 g/mol. The van der Waals surface area contributed by atoms with Gasteiger partial charge in [-0.1, -0.05) is 17.7 Å². The van der Waals surface area contributed by atoms with E-state index in [1.165, 1.54) is 11.3 Å². The zero-order valence-electron chi connectivity index (χ0n) is 12.1. The van der Waals surface area contributed by atoms with Crippen molar-refractivity contribution in [3.63, 3.8) is 0 Å². The molecule has 1 aliphatic rings. The molecule has 3 rings (SSSR count). The number of halogens is 1. The van der Waals surface area contributed by atoms with Gasteiger partial charge in [0.2, 0.25) is 0 Å². The summed E-state index contributed by atoms with van der Waals surface area (Å²) in [6.07, 6.45) is 1.87. The summed E-state index contributed by atoms with van der Waals surface area (Å²) in [7, 11) is 1.97. The molecule has 1 aromatic carbocycles. The quantitative estimate of drug-likeness (QED) is 0.938. The highest BCUT2D eigenvalue weighted by molar-refractivity contribution is 7.13. The minimum Gasteiger partial charge on any atom is -0.368 e. The number of hydrogen-bond donors (Lipinski definition) is 1. The summed E-state index contributed by atoms with van der Waals surface area (Å²) in [6, 6.07) is 6.15. The van der Waals surface area contributed by atoms with E-state index in [1.807, 2.05) is 24.7 Å². The van der Waals surface area contributed by atoms with Crippen molar-refractivity contribution < 1.29 is 0 Å². The first kappa shape index (κ1) is 14.6. The average Bonchev–Trinajstić information content (AvgIpc) is 3.04. The highest BCUT2D eigenvalue weighted by atomic mass is 35.5.